The van der Waals surface area contributed by atoms with Gasteiger partial charge >= 0.3 is 0 Å². The second kappa shape index (κ2) is 10.0. The molecule has 1 spiro atoms. The number of benzene rings is 1. The number of rotatable bonds is 4. The third-order valence-corrected chi connectivity index (χ3v) is 8.24. The van der Waals surface area contributed by atoms with Gasteiger partial charge in [0.2, 0.25) is 0 Å². The number of piperidine rings is 3. The van der Waals surface area contributed by atoms with Crippen LogP contribution in [0.2, 0.25) is 0 Å². The zero-order valence-corrected chi connectivity index (χ0v) is 20.5. The van der Waals surface area contributed by atoms with Gasteiger partial charge in [0.1, 0.15) is 24.3 Å². The molecule has 9 heteroatoms. The minimum absolute atomic E-state index is 0.262. The molecule has 0 aromatic heterocycles. The SMILES string of the molecule is CON=C1CC2(CCN(C(=O)C3(F)CCN(CC4CCNCC4)CC3)CC2)Oc2ccc(F)cc21. The van der Waals surface area contributed by atoms with E-state index in [4.69, 9.17) is 9.57 Å². The van der Waals surface area contributed by atoms with Crippen LogP contribution in [0.4, 0.5) is 8.78 Å². The Hall–Kier alpha value is -2.26. The van der Waals surface area contributed by atoms with Gasteiger partial charge in [-0.1, -0.05) is 5.16 Å². The molecule has 3 fully saturated rings. The van der Waals surface area contributed by atoms with Crippen molar-refractivity contribution in [1.29, 1.82) is 0 Å². The summed E-state index contributed by atoms with van der Waals surface area (Å²) in [5.74, 6) is 0.498. The van der Waals surface area contributed by atoms with Gasteiger partial charge in [0.25, 0.3) is 5.91 Å². The van der Waals surface area contributed by atoms with Crippen molar-refractivity contribution >= 4 is 11.6 Å². The summed E-state index contributed by atoms with van der Waals surface area (Å²) < 4.78 is 35.9. The zero-order valence-electron chi connectivity index (χ0n) is 20.5. The Morgan fingerprint density at radius 3 is 2.57 bits per heavy atom. The highest BCUT2D eigenvalue weighted by atomic mass is 19.1. The predicted octanol–water partition coefficient (Wildman–Crippen LogP) is 3.12. The highest BCUT2D eigenvalue weighted by molar-refractivity contribution is 6.04. The zero-order chi connectivity index (χ0) is 24.5. The lowest BCUT2D eigenvalue weighted by Gasteiger charge is -2.46. The molecule has 0 aliphatic carbocycles. The van der Waals surface area contributed by atoms with Crippen LogP contribution in [0.5, 0.6) is 5.75 Å². The highest BCUT2D eigenvalue weighted by Crippen LogP contribution is 2.41. The van der Waals surface area contributed by atoms with E-state index in [0.29, 0.717) is 68.4 Å². The number of ether oxygens (including phenoxy) is 1. The van der Waals surface area contributed by atoms with E-state index < -0.39 is 11.3 Å². The van der Waals surface area contributed by atoms with Crippen molar-refractivity contribution in [2.24, 2.45) is 11.1 Å². The molecule has 4 heterocycles. The molecule has 4 aliphatic rings. The molecule has 0 atom stereocenters. The van der Waals surface area contributed by atoms with Crippen molar-refractivity contribution in [2.45, 2.75) is 56.2 Å². The Morgan fingerprint density at radius 1 is 1.17 bits per heavy atom. The molecule has 7 nitrogen and oxygen atoms in total. The Balaban J connectivity index is 1.18. The van der Waals surface area contributed by atoms with Crippen LogP contribution in [0.15, 0.2) is 23.4 Å². The third kappa shape index (κ3) is 5.16. The fraction of sp³-hybridized carbons (Fsp3) is 0.692. The standard InChI is InChI=1S/C26H36F2N4O3/c1-34-30-22-17-25(35-23-3-2-20(27)16-21(22)23)6-14-32(15-7-25)24(33)26(28)8-12-31(13-9-26)18-19-4-10-29-11-5-19/h2-3,16,19,29H,4-15,17-18H2,1H3. The molecule has 3 saturated heterocycles. The van der Waals surface area contributed by atoms with Gasteiger partial charge in [0.05, 0.1) is 5.71 Å². The first-order valence-corrected chi connectivity index (χ1v) is 12.9. The summed E-state index contributed by atoms with van der Waals surface area (Å²) in [7, 11) is 1.47. The Bertz CT molecular complexity index is 950. The minimum Gasteiger partial charge on any atom is -0.486 e. The summed E-state index contributed by atoms with van der Waals surface area (Å²) in [5.41, 5.74) is -1.11. The van der Waals surface area contributed by atoms with E-state index in [2.05, 4.69) is 15.4 Å². The van der Waals surface area contributed by atoms with Crippen molar-refractivity contribution in [2.75, 3.05) is 52.9 Å². The lowest BCUT2D eigenvalue weighted by Crippen LogP contribution is -2.58. The quantitative estimate of drug-likeness (QED) is 0.657. The van der Waals surface area contributed by atoms with Crippen LogP contribution in [0, 0.1) is 11.7 Å². The summed E-state index contributed by atoms with van der Waals surface area (Å²) in [6.07, 6.45) is 4.46. The summed E-state index contributed by atoms with van der Waals surface area (Å²) in [6.45, 7) is 5.26. The fourth-order valence-electron chi connectivity index (χ4n) is 6.09. The average molecular weight is 491 g/mol. The van der Waals surface area contributed by atoms with Gasteiger partial charge in [-0.25, -0.2) is 8.78 Å². The average Bonchev–Trinajstić information content (AvgIpc) is 2.87. The van der Waals surface area contributed by atoms with Crippen LogP contribution in [-0.4, -0.2) is 85.6 Å². The van der Waals surface area contributed by atoms with Gasteiger partial charge in [-0.05, 0) is 50.0 Å². The van der Waals surface area contributed by atoms with Crippen molar-refractivity contribution in [3.05, 3.63) is 29.6 Å². The number of likely N-dealkylation sites (tertiary alicyclic amines) is 2. The first-order valence-electron chi connectivity index (χ1n) is 12.9. The summed E-state index contributed by atoms with van der Waals surface area (Å²) in [5, 5.41) is 7.51. The van der Waals surface area contributed by atoms with Gasteiger partial charge in [-0.2, -0.15) is 0 Å². The maximum Gasteiger partial charge on any atom is 0.260 e. The van der Waals surface area contributed by atoms with Crippen LogP contribution >= 0.6 is 0 Å². The van der Waals surface area contributed by atoms with E-state index in [0.717, 1.165) is 19.6 Å². The van der Waals surface area contributed by atoms with Gasteiger partial charge in [0, 0.05) is 70.4 Å². The third-order valence-electron chi connectivity index (χ3n) is 8.24. The Morgan fingerprint density at radius 2 is 1.89 bits per heavy atom. The first kappa shape index (κ1) is 24.4. The second-order valence-corrected chi connectivity index (χ2v) is 10.6. The molecule has 35 heavy (non-hydrogen) atoms. The molecule has 0 unspecified atom stereocenters. The molecule has 5 rings (SSSR count). The molecule has 192 valence electrons. The minimum atomic E-state index is -1.78. The number of carbonyl (C=O) groups is 1. The van der Waals surface area contributed by atoms with E-state index in [-0.39, 0.29) is 24.6 Å². The lowest BCUT2D eigenvalue weighted by molar-refractivity contribution is -0.151. The van der Waals surface area contributed by atoms with E-state index in [1.165, 1.54) is 32.1 Å². The molecule has 0 radical (unpaired) electrons. The van der Waals surface area contributed by atoms with Crippen LogP contribution in [-0.2, 0) is 9.63 Å². The number of nitrogens with one attached hydrogen (secondary N) is 1. The molecule has 1 N–H and O–H groups in total. The number of carbonyl (C=O) groups excluding carboxylic acids is 1. The van der Waals surface area contributed by atoms with Crippen molar-refractivity contribution in [3.63, 3.8) is 0 Å². The second-order valence-electron chi connectivity index (χ2n) is 10.6. The van der Waals surface area contributed by atoms with Crippen LogP contribution in [0.3, 0.4) is 0 Å². The summed E-state index contributed by atoms with van der Waals surface area (Å²) in [4.78, 5) is 22.3. The molecule has 1 amide bonds. The number of alkyl halides is 1. The Labute approximate surface area is 205 Å². The van der Waals surface area contributed by atoms with Crippen molar-refractivity contribution < 1.29 is 23.1 Å². The van der Waals surface area contributed by atoms with E-state index in [1.54, 1.807) is 11.0 Å². The molecule has 1 aromatic rings. The largest absolute Gasteiger partial charge is 0.486 e. The molecule has 4 aliphatic heterocycles. The van der Waals surface area contributed by atoms with E-state index in [9.17, 15) is 9.18 Å². The number of hydrogen-bond acceptors (Lipinski definition) is 6. The normalized spacial score (nSPS) is 25.8. The van der Waals surface area contributed by atoms with Crippen molar-refractivity contribution in [1.82, 2.24) is 15.1 Å². The van der Waals surface area contributed by atoms with Gasteiger partial charge in [-0.15, -0.1) is 0 Å². The Kier molecular flexibility index (Phi) is 6.99. The van der Waals surface area contributed by atoms with Crippen LogP contribution in [0.25, 0.3) is 0 Å². The monoisotopic (exact) mass is 490 g/mol. The number of fused-ring (bicyclic) bond motifs is 1. The van der Waals surface area contributed by atoms with Crippen LogP contribution < -0.4 is 10.1 Å². The maximum absolute atomic E-state index is 15.8. The fourth-order valence-corrected chi connectivity index (χ4v) is 6.09. The van der Waals surface area contributed by atoms with Crippen molar-refractivity contribution in [3.8, 4) is 5.75 Å². The summed E-state index contributed by atoms with van der Waals surface area (Å²) >= 11 is 0. The number of amides is 1. The highest BCUT2D eigenvalue weighted by Gasteiger charge is 2.48. The lowest BCUT2D eigenvalue weighted by atomic mass is 9.81. The maximum atomic E-state index is 15.8. The van der Waals surface area contributed by atoms with E-state index >= 15 is 4.39 Å². The molecule has 1 aromatic carbocycles. The molecule has 0 bridgehead atoms. The van der Waals surface area contributed by atoms with E-state index in [1.807, 2.05) is 0 Å². The molecular formula is C26H36F2N4O3. The molecule has 0 saturated carbocycles. The number of hydrogen-bond donors (Lipinski definition) is 1. The smallest absolute Gasteiger partial charge is 0.260 e. The van der Waals surface area contributed by atoms with Gasteiger partial charge < -0.3 is 24.7 Å². The van der Waals surface area contributed by atoms with Gasteiger partial charge in [-0.3, -0.25) is 4.79 Å². The number of halogens is 2. The van der Waals surface area contributed by atoms with Gasteiger partial charge in [0.15, 0.2) is 5.67 Å². The molecular weight excluding hydrogens is 454 g/mol. The number of oxime groups is 1. The summed E-state index contributed by atoms with van der Waals surface area (Å²) in [6, 6.07) is 4.39. The first-order chi connectivity index (χ1) is 16.9. The number of nitrogens with zero attached hydrogens (tertiary/aromatic N) is 3. The predicted molar refractivity (Wildman–Crippen MR) is 129 cm³/mol. The van der Waals surface area contributed by atoms with Crippen LogP contribution in [0.1, 0.15) is 50.5 Å². The topological polar surface area (TPSA) is 66.4 Å².